The lowest BCUT2D eigenvalue weighted by atomic mass is 10.1. The van der Waals surface area contributed by atoms with E-state index in [9.17, 15) is 14.4 Å². The number of aromatic nitrogens is 2. The molecule has 0 fully saturated rings. The van der Waals surface area contributed by atoms with E-state index in [0.717, 1.165) is 17.7 Å². The van der Waals surface area contributed by atoms with E-state index in [4.69, 9.17) is 0 Å². The Bertz CT molecular complexity index is 868. The Morgan fingerprint density at radius 3 is 2.32 bits per heavy atom. The van der Waals surface area contributed by atoms with Crippen LogP contribution in [0.1, 0.15) is 70.6 Å². The Balaban J connectivity index is 1.38. The molecule has 7 nitrogen and oxygen atoms in total. The molecule has 1 atom stereocenters. The molecule has 1 aromatic carbocycles. The number of benzene rings is 1. The van der Waals surface area contributed by atoms with Gasteiger partial charge in [-0.2, -0.15) is 5.10 Å². The summed E-state index contributed by atoms with van der Waals surface area (Å²) in [5.41, 5.74) is 3.01. The molecule has 1 aliphatic heterocycles. The minimum atomic E-state index is -0.223. The number of fused-ring (bicyclic) bond motifs is 1. The molecular formula is C21H26N4O3. The van der Waals surface area contributed by atoms with Crippen LogP contribution in [0, 0.1) is 6.92 Å². The normalized spacial score (nSPS) is 14.3. The molecule has 3 amide bonds. The number of unbranched alkanes of at least 4 members (excludes halogenated alkanes) is 2. The van der Waals surface area contributed by atoms with Crippen LogP contribution >= 0.6 is 0 Å². The van der Waals surface area contributed by atoms with Crippen molar-refractivity contribution in [3.8, 4) is 0 Å². The molecule has 2 aromatic rings. The van der Waals surface area contributed by atoms with Crippen molar-refractivity contribution in [2.24, 2.45) is 7.05 Å². The number of nitrogens with zero attached hydrogens (tertiary/aromatic N) is 3. The number of hydrogen-bond acceptors (Lipinski definition) is 4. The number of carbonyl (C=O) groups is 3. The second-order valence-corrected chi connectivity index (χ2v) is 7.22. The van der Waals surface area contributed by atoms with E-state index in [-0.39, 0.29) is 23.8 Å². The van der Waals surface area contributed by atoms with Gasteiger partial charge in [0.1, 0.15) is 0 Å². The molecule has 1 N–H and O–H groups in total. The molecule has 2 heterocycles. The van der Waals surface area contributed by atoms with Crippen LogP contribution in [0.15, 0.2) is 30.5 Å². The van der Waals surface area contributed by atoms with Gasteiger partial charge in [-0.3, -0.25) is 24.0 Å². The lowest BCUT2D eigenvalue weighted by molar-refractivity contribution is -0.121. The van der Waals surface area contributed by atoms with Crippen LogP contribution in [0.5, 0.6) is 0 Å². The van der Waals surface area contributed by atoms with Crippen molar-refractivity contribution in [3.63, 3.8) is 0 Å². The first-order valence-electron chi connectivity index (χ1n) is 9.63. The number of carbonyl (C=O) groups excluding carboxylic acids is 3. The van der Waals surface area contributed by atoms with E-state index in [0.29, 0.717) is 36.9 Å². The third-order valence-corrected chi connectivity index (χ3v) is 5.28. The smallest absolute Gasteiger partial charge is 0.261 e. The predicted molar refractivity (Wildman–Crippen MR) is 105 cm³/mol. The van der Waals surface area contributed by atoms with Gasteiger partial charge in [-0.1, -0.05) is 18.6 Å². The van der Waals surface area contributed by atoms with Gasteiger partial charge in [0.2, 0.25) is 5.91 Å². The Hall–Kier alpha value is -2.96. The number of amides is 3. The van der Waals surface area contributed by atoms with Gasteiger partial charge in [-0.05, 0) is 38.8 Å². The maximum atomic E-state index is 12.3. The molecule has 3 rings (SSSR count). The maximum absolute atomic E-state index is 12.3. The quantitative estimate of drug-likeness (QED) is 0.562. The summed E-state index contributed by atoms with van der Waals surface area (Å²) in [6.07, 6.45) is 4.39. The summed E-state index contributed by atoms with van der Waals surface area (Å²) in [5.74, 6) is -0.450. The molecule has 1 aliphatic rings. The summed E-state index contributed by atoms with van der Waals surface area (Å²) in [6.45, 7) is 4.31. The van der Waals surface area contributed by atoms with E-state index < -0.39 is 0 Å². The summed E-state index contributed by atoms with van der Waals surface area (Å²) in [5, 5.41) is 7.20. The first kappa shape index (κ1) is 19.8. The molecule has 0 saturated carbocycles. The third-order valence-electron chi connectivity index (χ3n) is 5.28. The largest absolute Gasteiger partial charge is 0.349 e. The van der Waals surface area contributed by atoms with Crippen LogP contribution in [-0.4, -0.2) is 38.9 Å². The highest BCUT2D eigenvalue weighted by Gasteiger charge is 2.34. The summed E-state index contributed by atoms with van der Waals surface area (Å²) in [4.78, 5) is 38.1. The van der Waals surface area contributed by atoms with E-state index in [1.807, 2.05) is 20.9 Å². The Morgan fingerprint density at radius 2 is 1.75 bits per heavy atom. The van der Waals surface area contributed by atoms with Crippen LogP contribution in [0.25, 0.3) is 0 Å². The van der Waals surface area contributed by atoms with Gasteiger partial charge in [-0.15, -0.1) is 0 Å². The Morgan fingerprint density at radius 1 is 1.11 bits per heavy atom. The molecule has 1 unspecified atom stereocenters. The number of imide groups is 1. The lowest BCUT2D eigenvalue weighted by Crippen LogP contribution is -2.30. The molecule has 0 aliphatic carbocycles. The van der Waals surface area contributed by atoms with Crippen LogP contribution < -0.4 is 5.32 Å². The minimum Gasteiger partial charge on any atom is -0.349 e. The van der Waals surface area contributed by atoms with Gasteiger partial charge in [0.05, 0.1) is 23.4 Å². The van der Waals surface area contributed by atoms with Gasteiger partial charge in [0, 0.05) is 31.3 Å². The second-order valence-electron chi connectivity index (χ2n) is 7.22. The maximum Gasteiger partial charge on any atom is 0.261 e. The SMILES string of the molecule is Cc1c(C(C)NC(=O)CCCCCN2C(=O)c3ccccc3C2=O)cnn1C. The molecule has 0 radical (unpaired) electrons. The number of hydrogen-bond donors (Lipinski definition) is 1. The number of aryl methyl sites for hydroxylation is 1. The van der Waals surface area contributed by atoms with Gasteiger partial charge in [0.15, 0.2) is 0 Å². The van der Waals surface area contributed by atoms with E-state index in [1.54, 1.807) is 35.1 Å². The van der Waals surface area contributed by atoms with Crippen molar-refractivity contribution in [1.29, 1.82) is 0 Å². The zero-order chi connectivity index (χ0) is 20.3. The van der Waals surface area contributed by atoms with Gasteiger partial charge < -0.3 is 5.32 Å². The third kappa shape index (κ3) is 3.98. The molecule has 28 heavy (non-hydrogen) atoms. The fourth-order valence-electron chi connectivity index (χ4n) is 3.51. The summed E-state index contributed by atoms with van der Waals surface area (Å²) < 4.78 is 1.79. The topological polar surface area (TPSA) is 84.3 Å². The van der Waals surface area contributed by atoms with Crippen molar-refractivity contribution in [2.45, 2.75) is 45.6 Å². The van der Waals surface area contributed by atoms with Crippen LogP contribution in [0.3, 0.4) is 0 Å². The first-order valence-corrected chi connectivity index (χ1v) is 9.63. The van der Waals surface area contributed by atoms with Crippen molar-refractivity contribution in [2.75, 3.05) is 6.54 Å². The first-order chi connectivity index (χ1) is 13.4. The van der Waals surface area contributed by atoms with Crippen LogP contribution in [0.2, 0.25) is 0 Å². The zero-order valence-electron chi connectivity index (χ0n) is 16.6. The molecule has 0 spiro atoms. The zero-order valence-corrected chi connectivity index (χ0v) is 16.6. The minimum absolute atomic E-state index is 0.00326. The number of rotatable bonds is 8. The van der Waals surface area contributed by atoms with Gasteiger partial charge >= 0.3 is 0 Å². The fraction of sp³-hybridized carbons (Fsp3) is 0.429. The molecular weight excluding hydrogens is 356 g/mol. The van der Waals surface area contributed by atoms with Crippen LogP contribution in [0.4, 0.5) is 0 Å². The second kappa shape index (κ2) is 8.37. The van der Waals surface area contributed by atoms with Crippen molar-refractivity contribution in [1.82, 2.24) is 20.0 Å². The fourth-order valence-corrected chi connectivity index (χ4v) is 3.51. The van der Waals surface area contributed by atoms with Gasteiger partial charge in [0.25, 0.3) is 11.8 Å². The molecule has 148 valence electrons. The van der Waals surface area contributed by atoms with E-state index in [2.05, 4.69) is 10.4 Å². The highest BCUT2D eigenvalue weighted by Crippen LogP contribution is 2.23. The monoisotopic (exact) mass is 382 g/mol. The molecule has 0 saturated heterocycles. The lowest BCUT2D eigenvalue weighted by Gasteiger charge is -2.15. The average molecular weight is 382 g/mol. The van der Waals surface area contributed by atoms with E-state index >= 15 is 0 Å². The summed E-state index contributed by atoms with van der Waals surface area (Å²) in [6, 6.07) is 6.82. The summed E-state index contributed by atoms with van der Waals surface area (Å²) in [7, 11) is 1.88. The highest BCUT2D eigenvalue weighted by molar-refractivity contribution is 6.21. The standard InChI is InChI=1S/C21H26N4O3/c1-14(18-13-22-24(3)15(18)2)23-19(26)11-5-4-8-12-25-20(27)16-9-6-7-10-17(16)21(25)28/h6-7,9-10,13-14H,4-5,8,11-12H2,1-3H3,(H,23,26). The highest BCUT2D eigenvalue weighted by atomic mass is 16.2. The van der Waals surface area contributed by atoms with Crippen LogP contribution in [-0.2, 0) is 11.8 Å². The average Bonchev–Trinajstić information content (AvgIpc) is 3.13. The van der Waals surface area contributed by atoms with Crippen molar-refractivity contribution >= 4 is 17.7 Å². The molecule has 1 aromatic heterocycles. The van der Waals surface area contributed by atoms with Crippen molar-refractivity contribution < 1.29 is 14.4 Å². The van der Waals surface area contributed by atoms with Crippen molar-refractivity contribution in [3.05, 3.63) is 52.8 Å². The Kier molecular flexibility index (Phi) is 5.92. The number of nitrogens with one attached hydrogen (secondary N) is 1. The molecule has 0 bridgehead atoms. The summed E-state index contributed by atoms with van der Waals surface area (Å²) >= 11 is 0. The Labute approximate surface area is 164 Å². The molecule has 7 heteroatoms. The predicted octanol–water partition coefficient (Wildman–Crippen LogP) is 2.76. The van der Waals surface area contributed by atoms with E-state index in [1.165, 1.54) is 4.90 Å². The van der Waals surface area contributed by atoms with Gasteiger partial charge in [-0.25, -0.2) is 0 Å².